The minimum atomic E-state index is 0. The molecule has 0 unspecified atom stereocenters. The van der Waals surface area contributed by atoms with Crippen molar-refractivity contribution in [1.82, 2.24) is 15.6 Å². The molecule has 166 valence electrons. The van der Waals surface area contributed by atoms with Gasteiger partial charge in [0.05, 0.1) is 19.2 Å². The van der Waals surface area contributed by atoms with Crippen LogP contribution in [0, 0.1) is 0 Å². The number of methoxy groups -OCH3 is 1. The highest BCUT2D eigenvalue weighted by Gasteiger charge is 2.06. The van der Waals surface area contributed by atoms with Gasteiger partial charge in [-0.15, -0.1) is 24.0 Å². The molecule has 1 heterocycles. The highest BCUT2D eigenvalue weighted by Crippen LogP contribution is 2.28. The van der Waals surface area contributed by atoms with Crippen molar-refractivity contribution in [2.45, 2.75) is 26.3 Å². The highest BCUT2D eigenvalue weighted by atomic mass is 127. The van der Waals surface area contributed by atoms with Crippen LogP contribution in [0.4, 0.5) is 0 Å². The van der Waals surface area contributed by atoms with Crippen molar-refractivity contribution in [2.24, 2.45) is 4.99 Å². The standard InChI is InChI=1S/C24H30N4O2.HI/c1-4-30-22-16-18(12-13-21(22)29-3)8-6-15-27-24(25-2)28-17-20-10-5-9-19-11-7-14-26-23(19)20;/h5,7,9-14,16H,4,6,8,15,17H2,1-3H3,(H2,25,27,28);1H. The SMILES string of the molecule is CCOc1cc(CCCNC(=NC)NCc2cccc3cccnc23)ccc1OC.I. The van der Waals surface area contributed by atoms with Crippen molar-refractivity contribution >= 4 is 40.8 Å². The molecule has 2 N–H and O–H groups in total. The van der Waals surface area contributed by atoms with E-state index in [1.165, 1.54) is 5.56 Å². The molecule has 3 rings (SSSR count). The third-order valence-corrected chi connectivity index (χ3v) is 4.85. The van der Waals surface area contributed by atoms with E-state index in [0.717, 1.165) is 53.3 Å². The van der Waals surface area contributed by atoms with E-state index in [1.54, 1.807) is 14.2 Å². The van der Waals surface area contributed by atoms with E-state index in [0.29, 0.717) is 13.2 Å². The molecule has 7 heteroatoms. The molecule has 0 amide bonds. The van der Waals surface area contributed by atoms with Crippen LogP contribution in [0.2, 0.25) is 0 Å². The maximum absolute atomic E-state index is 5.66. The number of aromatic nitrogens is 1. The van der Waals surface area contributed by atoms with E-state index in [1.807, 2.05) is 25.3 Å². The van der Waals surface area contributed by atoms with E-state index in [-0.39, 0.29) is 24.0 Å². The van der Waals surface area contributed by atoms with E-state index >= 15 is 0 Å². The zero-order valence-corrected chi connectivity index (χ0v) is 20.7. The first kappa shape index (κ1) is 24.7. The van der Waals surface area contributed by atoms with E-state index < -0.39 is 0 Å². The summed E-state index contributed by atoms with van der Waals surface area (Å²) < 4.78 is 11.0. The average molecular weight is 534 g/mol. The van der Waals surface area contributed by atoms with Crippen molar-refractivity contribution in [3.05, 3.63) is 65.9 Å². The predicted molar refractivity (Wildman–Crippen MR) is 138 cm³/mol. The number of rotatable bonds is 9. The van der Waals surface area contributed by atoms with Crippen molar-refractivity contribution in [2.75, 3.05) is 27.3 Å². The Kier molecular flexibility index (Phi) is 10.4. The van der Waals surface area contributed by atoms with Crippen LogP contribution in [0.15, 0.2) is 59.7 Å². The summed E-state index contributed by atoms with van der Waals surface area (Å²) in [6.07, 6.45) is 3.75. The predicted octanol–water partition coefficient (Wildman–Crippen LogP) is 4.56. The first-order valence-electron chi connectivity index (χ1n) is 10.3. The number of guanidine groups is 1. The fourth-order valence-corrected chi connectivity index (χ4v) is 3.35. The topological polar surface area (TPSA) is 67.8 Å². The number of fused-ring (bicyclic) bond motifs is 1. The van der Waals surface area contributed by atoms with Crippen molar-refractivity contribution in [3.63, 3.8) is 0 Å². The maximum Gasteiger partial charge on any atom is 0.191 e. The molecule has 0 saturated carbocycles. The van der Waals surface area contributed by atoms with Gasteiger partial charge in [-0.05, 0) is 49.1 Å². The van der Waals surface area contributed by atoms with Crippen LogP contribution in [0.25, 0.3) is 10.9 Å². The third-order valence-electron chi connectivity index (χ3n) is 4.85. The molecular weight excluding hydrogens is 503 g/mol. The van der Waals surface area contributed by atoms with E-state index in [2.05, 4.69) is 57.0 Å². The van der Waals surface area contributed by atoms with Crippen molar-refractivity contribution in [1.29, 1.82) is 0 Å². The lowest BCUT2D eigenvalue weighted by Gasteiger charge is -2.13. The molecule has 6 nitrogen and oxygen atoms in total. The van der Waals surface area contributed by atoms with E-state index in [4.69, 9.17) is 9.47 Å². The number of aliphatic imine (C=N–C) groups is 1. The Labute approximate surface area is 201 Å². The van der Waals surface area contributed by atoms with Crippen LogP contribution < -0.4 is 20.1 Å². The number of ether oxygens (including phenoxy) is 2. The van der Waals surface area contributed by atoms with Crippen LogP contribution >= 0.6 is 24.0 Å². The van der Waals surface area contributed by atoms with Crippen LogP contribution in [0.1, 0.15) is 24.5 Å². The Morgan fingerprint density at radius 3 is 2.68 bits per heavy atom. The zero-order valence-electron chi connectivity index (χ0n) is 18.4. The molecule has 0 fully saturated rings. The number of pyridine rings is 1. The fourth-order valence-electron chi connectivity index (χ4n) is 3.35. The van der Waals surface area contributed by atoms with Gasteiger partial charge in [-0.25, -0.2) is 0 Å². The molecule has 0 aliphatic heterocycles. The summed E-state index contributed by atoms with van der Waals surface area (Å²) in [5.41, 5.74) is 3.40. The van der Waals surface area contributed by atoms with Gasteiger partial charge in [-0.1, -0.05) is 30.3 Å². The van der Waals surface area contributed by atoms with Crippen LogP contribution in [0.3, 0.4) is 0 Å². The van der Waals surface area contributed by atoms with Gasteiger partial charge in [-0.3, -0.25) is 9.98 Å². The number of benzene rings is 2. The fraction of sp³-hybridized carbons (Fsp3) is 0.333. The molecule has 3 aromatic rings. The number of halogens is 1. The number of para-hydroxylation sites is 1. The van der Waals surface area contributed by atoms with E-state index in [9.17, 15) is 0 Å². The van der Waals surface area contributed by atoms with Gasteiger partial charge in [0.1, 0.15) is 0 Å². The summed E-state index contributed by atoms with van der Waals surface area (Å²) in [4.78, 5) is 8.83. The van der Waals surface area contributed by atoms with Gasteiger partial charge in [0, 0.05) is 31.7 Å². The maximum atomic E-state index is 5.66. The average Bonchev–Trinajstić information content (AvgIpc) is 2.79. The Bertz CT molecular complexity index is 989. The molecule has 0 radical (unpaired) electrons. The summed E-state index contributed by atoms with van der Waals surface area (Å²) in [6, 6.07) is 16.4. The van der Waals surface area contributed by atoms with Gasteiger partial charge in [-0.2, -0.15) is 0 Å². The number of aryl methyl sites for hydroxylation is 1. The van der Waals surface area contributed by atoms with Crippen LogP contribution in [-0.4, -0.2) is 38.3 Å². The lowest BCUT2D eigenvalue weighted by Crippen LogP contribution is -2.37. The molecule has 0 bridgehead atoms. The molecule has 0 aliphatic rings. The van der Waals surface area contributed by atoms with Crippen molar-refractivity contribution < 1.29 is 9.47 Å². The number of nitrogens with zero attached hydrogens (tertiary/aromatic N) is 2. The highest BCUT2D eigenvalue weighted by molar-refractivity contribution is 14.0. The molecular formula is C24H31IN4O2. The third kappa shape index (κ3) is 6.99. The summed E-state index contributed by atoms with van der Waals surface area (Å²) >= 11 is 0. The monoisotopic (exact) mass is 534 g/mol. The summed E-state index contributed by atoms with van der Waals surface area (Å²) in [6.45, 7) is 4.09. The Morgan fingerprint density at radius 1 is 1.06 bits per heavy atom. The first-order valence-corrected chi connectivity index (χ1v) is 10.3. The Hall–Kier alpha value is -2.55. The quantitative estimate of drug-likeness (QED) is 0.183. The number of nitrogens with one attached hydrogen (secondary N) is 2. The molecule has 0 atom stereocenters. The second-order valence-corrected chi connectivity index (χ2v) is 6.87. The molecule has 2 aromatic carbocycles. The van der Waals surface area contributed by atoms with Crippen LogP contribution in [0.5, 0.6) is 11.5 Å². The van der Waals surface area contributed by atoms with Gasteiger partial charge >= 0.3 is 0 Å². The lowest BCUT2D eigenvalue weighted by molar-refractivity contribution is 0.310. The number of hydrogen-bond donors (Lipinski definition) is 2. The smallest absolute Gasteiger partial charge is 0.191 e. The summed E-state index contributed by atoms with van der Waals surface area (Å²) in [5.74, 6) is 2.35. The molecule has 0 aliphatic carbocycles. The molecule has 1 aromatic heterocycles. The summed E-state index contributed by atoms with van der Waals surface area (Å²) in [5, 5.41) is 7.91. The second-order valence-electron chi connectivity index (χ2n) is 6.87. The molecule has 0 spiro atoms. The second kappa shape index (κ2) is 13.0. The van der Waals surface area contributed by atoms with Gasteiger partial charge in [0.15, 0.2) is 17.5 Å². The van der Waals surface area contributed by atoms with Gasteiger partial charge in [0.2, 0.25) is 0 Å². The molecule has 31 heavy (non-hydrogen) atoms. The minimum absolute atomic E-state index is 0. The number of hydrogen-bond acceptors (Lipinski definition) is 4. The molecule has 0 saturated heterocycles. The Morgan fingerprint density at radius 2 is 1.90 bits per heavy atom. The van der Waals surface area contributed by atoms with Crippen molar-refractivity contribution in [3.8, 4) is 11.5 Å². The minimum Gasteiger partial charge on any atom is -0.493 e. The van der Waals surface area contributed by atoms with Gasteiger partial charge in [0.25, 0.3) is 0 Å². The largest absolute Gasteiger partial charge is 0.493 e. The van der Waals surface area contributed by atoms with Crippen LogP contribution in [-0.2, 0) is 13.0 Å². The van der Waals surface area contributed by atoms with Gasteiger partial charge < -0.3 is 20.1 Å². The lowest BCUT2D eigenvalue weighted by atomic mass is 10.1. The zero-order chi connectivity index (χ0) is 21.2. The first-order chi connectivity index (χ1) is 14.7. The summed E-state index contributed by atoms with van der Waals surface area (Å²) in [7, 11) is 3.45. The Balaban J connectivity index is 0.00000341. The normalized spacial score (nSPS) is 11.0.